The van der Waals surface area contributed by atoms with Crippen LogP contribution in [0.4, 0.5) is 5.69 Å². The number of piperidine rings is 1. The van der Waals surface area contributed by atoms with Gasteiger partial charge in [0.25, 0.3) is 11.6 Å². The van der Waals surface area contributed by atoms with Crippen LogP contribution in [0.25, 0.3) is 0 Å². The van der Waals surface area contributed by atoms with Crippen molar-refractivity contribution < 1.29 is 14.5 Å². The van der Waals surface area contributed by atoms with Crippen LogP contribution in [0.3, 0.4) is 0 Å². The lowest BCUT2D eigenvalue weighted by molar-refractivity contribution is -0.385. The molecule has 7 nitrogen and oxygen atoms in total. The first-order chi connectivity index (χ1) is 11.0. The lowest BCUT2D eigenvalue weighted by Gasteiger charge is -2.32. The number of carbonyl (C=O) groups is 1. The van der Waals surface area contributed by atoms with E-state index in [-0.39, 0.29) is 35.7 Å². The van der Waals surface area contributed by atoms with Gasteiger partial charge in [0.2, 0.25) is 0 Å². The number of hydrogen-bond donors (Lipinski definition) is 1. The van der Waals surface area contributed by atoms with Gasteiger partial charge in [0.05, 0.1) is 11.0 Å². The second-order valence-corrected chi connectivity index (χ2v) is 5.78. The van der Waals surface area contributed by atoms with Crippen molar-refractivity contribution in [3.05, 3.63) is 39.4 Å². The van der Waals surface area contributed by atoms with Gasteiger partial charge in [-0.05, 0) is 44.4 Å². The molecular weight excluding hydrogens is 334 g/mol. The average Bonchev–Trinajstić information content (AvgIpc) is 2.54. The van der Waals surface area contributed by atoms with Gasteiger partial charge >= 0.3 is 0 Å². The predicted octanol–water partition coefficient (Wildman–Crippen LogP) is 2.30. The van der Waals surface area contributed by atoms with Crippen molar-refractivity contribution in [2.24, 2.45) is 5.73 Å². The summed E-state index contributed by atoms with van der Waals surface area (Å²) in [6.45, 7) is 4.17. The van der Waals surface area contributed by atoms with Gasteiger partial charge in [-0.2, -0.15) is 0 Å². The van der Waals surface area contributed by atoms with Gasteiger partial charge in [0.1, 0.15) is 5.56 Å². The maximum absolute atomic E-state index is 12.6. The van der Waals surface area contributed by atoms with Gasteiger partial charge in [0, 0.05) is 25.8 Å². The maximum atomic E-state index is 12.6. The molecule has 1 aliphatic rings. The van der Waals surface area contributed by atoms with Gasteiger partial charge in [-0.1, -0.05) is 6.07 Å². The molecule has 1 amide bonds. The van der Waals surface area contributed by atoms with Gasteiger partial charge in [-0.25, -0.2) is 0 Å². The quantitative estimate of drug-likeness (QED) is 0.478. The highest BCUT2D eigenvalue weighted by atomic mass is 35.5. The molecule has 1 aliphatic heterocycles. The SMILES string of the molecule is Cc1ccc([N+](=O)[O-])c(C(=O)N2CCC(OCCCN)CC2)c1.Cl. The van der Waals surface area contributed by atoms with Crippen LogP contribution in [0.2, 0.25) is 0 Å². The Labute approximate surface area is 147 Å². The number of nitro groups is 1. The van der Waals surface area contributed by atoms with E-state index in [2.05, 4.69) is 0 Å². The van der Waals surface area contributed by atoms with Crippen molar-refractivity contribution in [3.63, 3.8) is 0 Å². The predicted molar refractivity (Wildman–Crippen MR) is 93.6 cm³/mol. The van der Waals surface area contributed by atoms with Crippen LogP contribution in [0.15, 0.2) is 18.2 Å². The first-order valence-corrected chi connectivity index (χ1v) is 7.89. The third-order valence-corrected chi connectivity index (χ3v) is 4.01. The van der Waals surface area contributed by atoms with Gasteiger partial charge < -0.3 is 15.4 Å². The fraction of sp³-hybridized carbons (Fsp3) is 0.562. The first kappa shape index (κ1) is 20.3. The second kappa shape index (κ2) is 9.56. The Morgan fingerprint density at radius 2 is 2.08 bits per heavy atom. The van der Waals surface area contributed by atoms with Gasteiger partial charge in [-0.15, -0.1) is 12.4 Å². The fourth-order valence-electron chi connectivity index (χ4n) is 2.71. The summed E-state index contributed by atoms with van der Waals surface area (Å²) in [6.07, 6.45) is 2.46. The van der Waals surface area contributed by atoms with E-state index in [1.54, 1.807) is 17.0 Å². The number of nitrogens with two attached hydrogens (primary N) is 1. The van der Waals surface area contributed by atoms with E-state index in [9.17, 15) is 14.9 Å². The molecule has 24 heavy (non-hydrogen) atoms. The number of hydrogen-bond acceptors (Lipinski definition) is 5. The number of aryl methyl sites for hydroxylation is 1. The van der Waals surface area contributed by atoms with Crippen molar-refractivity contribution in [2.75, 3.05) is 26.2 Å². The molecule has 0 saturated carbocycles. The Hall–Kier alpha value is -1.70. The minimum atomic E-state index is -0.505. The molecule has 2 N–H and O–H groups in total. The zero-order valence-corrected chi connectivity index (χ0v) is 14.6. The van der Waals surface area contributed by atoms with Crippen LogP contribution in [0.1, 0.15) is 35.2 Å². The van der Waals surface area contributed by atoms with E-state index in [1.807, 2.05) is 6.92 Å². The molecule has 0 aliphatic carbocycles. The summed E-state index contributed by atoms with van der Waals surface area (Å²) in [6, 6.07) is 4.63. The Balaban J connectivity index is 0.00000288. The van der Waals surface area contributed by atoms with Crippen LogP contribution in [-0.4, -0.2) is 48.1 Å². The molecule has 1 saturated heterocycles. The number of benzene rings is 1. The minimum absolute atomic E-state index is 0. The fourth-order valence-corrected chi connectivity index (χ4v) is 2.71. The molecule has 0 unspecified atom stereocenters. The summed E-state index contributed by atoms with van der Waals surface area (Å²) in [4.78, 5) is 24.9. The van der Waals surface area contributed by atoms with Crippen molar-refractivity contribution in [2.45, 2.75) is 32.3 Å². The number of rotatable bonds is 6. The Morgan fingerprint density at radius 3 is 2.67 bits per heavy atom. The molecule has 1 aromatic rings. The van der Waals surface area contributed by atoms with Crippen molar-refractivity contribution in [1.29, 1.82) is 0 Å². The highest BCUT2D eigenvalue weighted by molar-refractivity contribution is 5.98. The molecule has 134 valence electrons. The summed E-state index contributed by atoms with van der Waals surface area (Å²) in [7, 11) is 0. The highest BCUT2D eigenvalue weighted by Gasteiger charge is 2.28. The summed E-state index contributed by atoms with van der Waals surface area (Å²) in [5, 5.41) is 11.1. The van der Waals surface area contributed by atoms with Crippen molar-refractivity contribution in [3.8, 4) is 0 Å². The smallest absolute Gasteiger partial charge is 0.282 e. The van der Waals surface area contributed by atoms with Crippen molar-refractivity contribution in [1.82, 2.24) is 4.90 Å². The molecule has 0 spiro atoms. The van der Waals surface area contributed by atoms with E-state index in [0.717, 1.165) is 24.8 Å². The Bertz CT molecular complexity index is 574. The number of amides is 1. The Kier molecular flexibility index (Phi) is 8.10. The average molecular weight is 358 g/mol. The topological polar surface area (TPSA) is 98.7 Å². The third kappa shape index (κ3) is 5.15. The molecule has 0 bridgehead atoms. The van der Waals surface area contributed by atoms with E-state index in [4.69, 9.17) is 10.5 Å². The summed E-state index contributed by atoms with van der Waals surface area (Å²) < 4.78 is 5.71. The van der Waals surface area contributed by atoms with Gasteiger partial charge in [0.15, 0.2) is 0 Å². The highest BCUT2D eigenvalue weighted by Crippen LogP contribution is 2.24. The number of ether oxygens (including phenoxy) is 1. The molecular formula is C16H24ClN3O4. The van der Waals surface area contributed by atoms with Crippen molar-refractivity contribution >= 4 is 24.0 Å². The third-order valence-electron chi connectivity index (χ3n) is 4.01. The largest absolute Gasteiger partial charge is 0.378 e. The van der Waals surface area contributed by atoms with E-state index in [1.165, 1.54) is 6.07 Å². The standard InChI is InChI=1S/C16H23N3O4.ClH/c1-12-3-4-15(19(21)22)14(11-12)16(20)18-8-5-13(6-9-18)23-10-2-7-17;/h3-4,11,13H,2,5-10,17H2,1H3;1H. The zero-order valence-electron chi connectivity index (χ0n) is 13.8. The zero-order chi connectivity index (χ0) is 16.8. The number of likely N-dealkylation sites (tertiary alicyclic amines) is 1. The molecule has 1 heterocycles. The molecule has 8 heteroatoms. The molecule has 0 aromatic heterocycles. The van der Waals surface area contributed by atoms with Crippen LogP contribution >= 0.6 is 12.4 Å². The molecule has 0 atom stereocenters. The van der Waals surface area contributed by atoms with Gasteiger partial charge in [-0.3, -0.25) is 14.9 Å². The van der Waals surface area contributed by atoms with Crippen LogP contribution < -0.4 is 5.73 Å². The summed E-state index contributed by atoms with van der Waals surface area (Å²) in [5.41, 5.74) is 6.29. The van der Waals surface area contributed by atoms with Crippen LogP contribution in [0.5, 0.6) is 0 Å². The van der Waals surface area contributed by atoms with E-state index >= 15 is 0 Å². The van der Waals surface area contributed by atoms with E-state index in [0.29, 0.717) is 26.2 Å². The lowest BCUT2D eigenvalue weighted by Crippen LogP contribution is -2.41. The number of halogens is 1. The monoisotopic (exact) mass is 357 g/mol. The number of nitrogens with zero attached hydrogens (tertiary/aromatic N) is 2. The molecule has 0 radical (unpaired) electrons. The number of carbonyl (C=O) groups excluding carboxylic acids is 1. The molecule has 2 rings (SSSR count). The summed E-state index contributed by atoms with van der Waals surface area (Å²) in [5.74, 6) is -0.277. The summed E-state index contributed by atoms with van der Waals surface area (Å²) >= 11 is 0. The van der Waals surface area contributed by atoms with E-state index < -0.39 is 4.92 Å². The normalized spacial score (nSPS) is 15.0. The Morgan fingerprint density at radius 1 is 1.42 bits per heavy atom. The molecule has 1 fully saturated rings. The molecule has 1 aromatic carbocycles. The number of nitro benzene ring substituents is 1. The van der Waals surface area contributed by atoms with Crippen LogP contribution in [-0.2, 0) is 4.74 Å². The van der Waals surface area contributed by atoms with Crippen LogP contribution in [0, 0.1) is 17.0 Å². The maximum Gasteiger partial charge on any atom is 0.282 e. The minimum Gasteiger partial charge on any atom is -0.378 e. The lowest BCUT2D eigenvalue weighted by atomic mass is 10.0. The first-order valence-electron chi connectivity index (χ1n) is 7.89. The second-order valence-electron chi connectivity index (χ2n) is 5.78.